The van der Waals surface area contributed by atoms with Crippen LogP contribution < -0.4 is 10.5 Å². The van der Waals surface area contributed by atoms with Gasteiger partial charge in [0.1, 0.15) is 5.75 Å². The summed E-state index contributed by atoms with van der Waals surface area (Å²) in [6, 6.07) is 8.23. The molecule has 1 aromatic rings. The molecule has 1 aliphatic carbocycles. The Labute approximate surface area is 119 Å². The van der Waals surface area contributed by atoms with E-state index in [0.717, 1.165) is 38.0 Å². The first-order chi connectivity index (χ1) is 9.70. The van der Waals surface area contributed by atoms with Crippen molar-refractivity contribution in [2.75, 3.05) is 20.2 Å². The van der Waals surface area contributed by atoms with Gasteiger partial charge in [-0.3, -0.25) is 4.79 Å². The first-order valence-electron chi connectivity index (χ1n) is 7.35. The number of nitrogens with two attached hydrogens (primary N) is 1. The first-order valence-corrected chi connectivity index (χ1v) is 7.35. The number of benzene rings is 1. The number of hydrogen-bond donors (Lipinski definition) is 1. The molecule has 1 aromatic carbocycles. The molecule has 20 heavy (non-hydrogen) atoms. The number of ether oxygens (including phenoxy) is 1. The number of rotatable bonds is 4. The van der Waals surface area contributed by atoms with E-state index >= 15 is 0 Å². The molecule has 1 atom stereocenters. The summed E-state index contributed by atoms with van der Waals surface area (Å²) >= 11 is 0. The zero-order chi connectivity index (χ0) is 14.2. The molecule has 0 aromatic heterocycles. The topological polar surface area (TPSA) is 55.6 Å². The Morgan fingerprint density at radius 3 is 2.95 bits per heavy atom. The zero-order valence-corrected chi connectivity index (χ0v) is 12.0. The monoisotopic (exact) mass is 274 g/mol. The van der Waals surface area contributed by atoms with Gasteiger partial charge in [0.25, 0.3) is 0 Å². The molecule has 0 bridgehead atoms. The largest absolute Gasteiger partial charge is 0.497 e. The Morgan fingerprint density at radius 2 is 2.30 bits per heavy atom. The van der Waals surface area contributed by atoms with Crippen LogP contribution in [0.3, 0.4) is 0 Å². The fraction of sp³-hybridized carbons (Fsp3) is 0.562. The van der Waals surface area contributed by atoms with Gasteiger partial charge < -0.3 is 15.4 Å². The van der Waals surface area contributed by atoms with E-state index in [1.54, 1.807) is 7.11 Å². The highest BCUT2D eigenvalue weighted by molar-refractivity contribution is 5.86. The molecule has 4 heteroatoms. The van der Waals surface area contributed by atoms with Crippen LogP contribution in [0.4, 0.5) is 0 Å². The maximum atomic E-state index is 12.7. The normalized spacial score (nSPS) is 23.7. The van der Waals surface area contributed by atoms with Crippen LogP contribution in [0.1, 0.15) is 37.3 Å². The smallest absolute Gasteiger partial charge is 0.230 e. The van der Waals surface area contributed by atoms with Gasteiger partial charge in [0.05, 0.1) is 18.6 Å². The molecule has 1 saturated heterocycles. The molecule has 2 fully saturated rings. The van der Waals surface area contributed by atoms with Gasteiger partial charge >= 0.3 is 0 Å². The van der Waals surface area contributed by atoms with E-state index in [-0.39, 0.29) is 17.4 Å². The quantitative estimate of drug-likeness (QED) is 0.914. The van der Waals surface area contributed by atoms with Crippen molar-refractivity contribution >= 4 is 5.91 Å². The Kier molecular flexibility index (Phi) is 3.42. The van der Waals surface area contributed by atoms with Crippen molar-refractivity contribution in [3.8, 4) is 5.75 Å². The summed E-state index contributed by atoms with van der Waals surface area (Å²) in [6.45, 7) is 1.33. The van der Waals surface area contributed by atoms with Crippen LogP contribution >= 0.6 is 0 Å². The highest BCUT2D eigenvalue weighted by Gasteiger charge is 2.52. The molecular weight excluding hydrogens is 252 g/mol. The molecule has 2 N–H and O–H groups in total. The Balaban J connectivity index is 1.83. The molecule has 108 valence electrons. The van der Waals surface area contributed by atoms with E-state index in [0.29, 0.717) is 6.54 Å². The van der Waals surface area contributed by atoms with Gasteiger partial charge in [-0.1, -0.05) is 12.1 Å². The number of carbonyl (C=O) groups is 1. The fourth-order valence-corrected chi connectivity index (χ4v) is 3.17. The standard InChI is InChI=1S/C16H22N2O2/c1-20-13-5-2-4-12(10-13)14-6-3-9-18(14)15(19)16(11-17)7-8-16/h2,4-5,10,14H,3,6-9,11,17H2,1H3. The Hall–Kier alpha value is -1.55. The minimum absolute atomic E-state index is 0.182. The van der Waals surface area contributed by atoms with Crippen LogP contribution in [-0.2, 0) is 4.79 Å². The average molecular weight is 274 g/mol. The molecule has 1 heterocycles. The van der Waals surface area contributed by atoms with Crippen LogP contribution in [0.2, 0.25) is 0 Å². The van der Waals surface area contributed by atoms with Crippen LogP contribution in [0.25, 0.3) is 0 Å². The summed E-state index contributed by atoms with van der Waals surface area (Å²) < 4.78 is 5.29. The van der Waals surface area contributed by atoms with E-state index in [2.05, 4.69) is 6.07 Å². The lowest BCUT2D eigenvalue weighted by atomic mass is 10.0. The Morgan fingerprint density at radius 1 is 1.50 bits per heavy atom. The summed E-state index contributed by atoms with van der Waals surface area (Å²) in [7, 11) is 1.67. The van der Waals surface area contributed by atoms with Crippen molar-refractivity contribution in [2.24, 2.45) is 11.1 Å². The van der Waals surface area contributed by atoms with E-state index in [1.165, 1.54) is 5.56 Å². The lowest BCUT2D eigenvalue weighted by Crippen LogP contribution is -2.40. The van der Waals surface area contributed by atoms with Gasteiger partial charge in [0.15, 0.2) is 0 Å². The molecule has 3 rings (SSSR count). The van der Waals surface area contributed by atoms with Crippen LogP contribution in [0, 0.1) is 5.41 Å². The van der Waals surface area contributed by atoms with Crippen molar-refractivity contribution < 1.29 is 9.53 Å². The SMILES string of the molecule is COc1cccc(C2CCCN2C(=O)C2(CN)CC2)c1. The van der Waals surface area contributed by atoms with Crippen LogP contribution in [-0.4, -0.2) is 31.0 Å². The summed E-state index contributed by atoms with van der Waals surface area (Å²) in [6.07, 6.45) is 3.99. The lowest BCUT2D eigenvalue weighted by molar-refractivity contribution is -0.137. The first kappa shape index (κ1) is 13.4. The molecule has 2 aliphatic rings. The predicted octanol–water partition coefficient (Wildman–Crippen LogP) is 2.10. The Bertz CT molecular complexity index is 511. The van der Waals surface area contributed by atoms with E-state index in [4.69, 9.17) is 10.5 Å². The van der Waals surface area contributed by atoms with Crippen LogP contribution in [0.15, 0.2) is 24.3 Å². The summed E-state index contributed by atoms with van der Waals surface area (Å²) in [4.78, 5) is 14.7. The summed E-state index contributed by atoms with van der Waals surface area (Å²) in [5.74, 6) is 1.10. The molecule has 4 nitrogen and oxygen atoms in total. The molecule has 1 unspecified atom stereocenters. The van der Waals surface area contributed by atoms with E-state index in [9.17, 15) is 4.79 Å². The second-order valence-corrected chi connectivity index (χ2v) is 5.92. The summed E-state index contributed by atoms with van der Waals surface area (Å²) in [5, 5.41) is 0. The predicted molar refractivity (Wildman–Crippen MR) is 77.4 cm³/mol. The van der Waals surface area contributed by atoms with Crippen molar-refractivity contribution in [3.05, 3.63) is 29.8 Å². The maximum Gasteiger partial charge on any atom is 0.230 e. The zero-order valence-electron chi connectivity index (χ0n) is 12.0. The van der Waals surface area contributed by atoms with Gasteiger partial charge in [-0.15, -0.1) is 0 Å². The second kappa shape index (κ2) is 5.09. The maximum absolute atomic E-state index is 12.7. The number of likely N-dealkylation sites (tertiary alicyclic amines) is 1. The lowest BCUT2D eigenvalue weighted by Gasteiger charge is -2.29. The molecular formula is C16H22N2O2. The van der Waals surface area contributed by atoms with Gasteiger partial charge in [-0.2, -0.15) is 0 Å². The number of amides is 1. The number of carbonyl (C=O) groups excluding carboxylic acids is 1. The third-order valence-corrected chi connectivity index (χ3v) is 4.69. The third-order valence-electron chi connectivity index (χ3n) is 4.69. The number of nitrogens with zero attached hydrogens (tertiary/aromatic N) is 1. The number of methoxy groups -OCH3 is 1. The van der Waals surface area contributed by atoms with Gasteiger partial charge in [0.2, 0.25) is 5.91 Å². The molecule has 1 saturated carbocycles. The molecule has 1 aliphatic heterocycles. The van der Waals surface area contributed by atoms with Crippen molar-refractivity contribution in [3.63, 3.8) is 0 Å². The van der Waals surface area contributed by atoms with Crippen molar-refractivity contribution in [2.45, 2.75) is 31.7 Å². The minimum Gasteiger partial charge on any atom is -0.497 e. The van der Waals surface area contributed by atoms with Gasteiger partial charge in [-0.25, -0.2) is 0 Å². The fourth-order valence-electron chi connectivity index (χ4n) is 3.17. The molecule has 1 amide bonds. The van der Waals surface area contributed by atoms with Crippen LogP contribution in [0.5, 0.6) is 5.75 Å². The minimum atomic E-state index is -0.249. The summed E-state index contributed by atoms with van der Waals surface area (Å²) in [5.41, 5.74) is 6.72. The van der Waals surface area contributed by atoms with E-state index in [1.807, 2.05) is 23.1 Å². The van der Waals surface area contributed by atoms with Gasteiger partial charge in [-0.05, 0) is 43.4 Å². The highest BCUT2D eigenvalue weighted by atomic mass is 16.5. The average Bonchev–Trinajstić information content (AvgIpc) is 3.15. The van der Waals surface area contributed by atoms with Crippen molar-refractivity contribution in [1.29, 1.82) is 0 Å². The highest BCUT2D eigenvalue weighted by Crippen LogP contribution is 2.48. The molecule has 0 spiro atoms. The van der Waals surface area contributed by atoms with Crippen molar-refractivity contribution in [1.82, 2.24) is 4.90 Å². The number of hydrogen-bond acceptors (Lipinski definition) is 3. The van der Waals surface area contributed by atoms with Gasteiger partial charge in [0, 0.05) is 13.1 Å². The second-order valence-electron chi connectivity index (χ2n) is 5.92. The molecule has 0 radical (unpaired) electrons. The third kappa shape index (κ3) is 2.18. The van der Waals surface area contributed by atoms with E-state index < -0.39 is 0 Å².